The van der Waals surface area contributed by atoms with E-state index < -0.39 is 27.5 Å². The quantitative estimate of drug-likeness (QED) is 0.0848. The minimum Gasteiger partial charge on any atom is -0.490 e. The fourth-order valence-electron chi connectivity index (χ4n) is 13.7. The Morgan fingerprint density at radius 1 is 0.507 bits per heavy atom. The number of hydrogen-bond donors (Lipinski definition) is 3. The van der Waals surface area contributed by atoms with Crippen molar-refractivity contribution in [1.82, 2.24) is 10.6 Å². The number of benzene rings is 4. The van der Waals surface area contributed by atoms with Crippen LogP contribution in [-0.4, -0.2) is 63.6 Å². The first-order valence-corrected chi connectivity index (χ1v) is 34.2. The summed E-state index contributed by atoms with van der Waals surface area (Å²) in [6, 6.07) is 26.6. The first-order valence-electron chi connectivity index (χ1n) is 27.1. The fourth-order valence-corrected chi connectivity index (χ4v) is 17.8. The molecule has 8 fully saturated rings. The Labute approximate surface area is 415 Å². The lowest BCUT2D eigenvalue weighted by molar-refractivity contribution is -0.160. The molecule has 0 radical (unpaired) electrons. The van der Waals surface area contributed by atoms with Gasteiger partial charge >= 0.3 is 11.9 Å². The topological polar surface area (TPSA) is 106 Å². The number of fused-ring (bicyclic) bond motifs is 8. The van der Waals surface area contributed by atoms with Crippen LogP contribution in [0.3, 0.4) is 0 Å². The normalized spacial score (nSPS) is 31.2. The molecule has 12 rings (SSSR count). The number of carbonyl (C=O) groups excluding carboxylic acids is 1. The third kappa shape index (κ3) is 11.3. The molecule has 0 atom stereocenters. The van der Waals surface area contributed by atoms with E-state index >= 15 is 0 Å². The number of nitrogens with one attached hydrogen (secondary N) is 2. The number of methoxy groups -OCH3 is 1. The number of carbonyl (C=O) groups is 2. The number of carboxylic acids is 1. The summed E-state index contributed by atoms with van der Waals surface area (Å²) in [4.78, 5) is 24.0. The van der Waals surface area contributed by atoms with Gasteiger partial charge in [0.1, 0.15) is 11.5 Å². The van der Waals surface area contributed by atoms with E-state index in [9.17, 15) is 14.7 Å². The van der Waals surface area contributed by atoms with Gasteiger partial charge in [-0.3, -0.25) is 9.59 Å². The third-order valence-electron chi connectivity index (χ3n) is 19.1. The maximum absolute atomic E-state index is 12.3. The molecule has 3 N–H and O–H groups in total. The second-order valence-corrected chi connectivity index (χ2v) is 36.3. The smallest absolute Gasteiger partial charge is 0.311 e. The molecule has 4 bridgehead atoms. The van der Waals surface area contributed by atoms with Crippen LogP contribution >= 0.6 is 0 Å². The van der Waals surface area contributed by atoms with E-state index in [1.54, 1.807) is 0 Å². The van der Waals surface area contributed by atoms with E-state index in [2.05, 4.69) is 123 Å². The molecule has 8 nitrogen and oxygen atoms in total. The lowest BCUT2D eigenvalue weighted by Crippen LogP contribution is -2.56. The van der Waals surface area contributed by atoms with Crippen LogP contribution in [0.15, 0.2) is 72.8 Å². The summed E-state index contributed by atoms with van der Waals surface area (Å²) in [5.74, 6) is 1.43. The Bertz CT molecular complexity index is 2410. The molecule has 0 unspecified atom stereocenters. The lowest BCUT2D eigenvalue weighted by atomic mass is 9.57. The van der Waals surface area contributed by atoms with Gasteiger partial charge in [0.05, 0.1) is 30.1 Å². The van der Waals surface area contributed by atoms with Gasteiger partial charge in [0.15, 0.2) is 0 Å². The van der Waals surface area contributed by atoms with Crippen molar-refractivity contribution >= 4 is 49.6 Å². The van der Waals surface area contributed by atoms with Crippen LogP contribution in [0.4, 0.5) is 0 Å². The first kappa shape index (κ1) is 50.2. The molecule has 374 valence electrons. The highest BCUT2D eigenvalue weighted by Crippen LogP contribution is 2.54. The molecule has 8 aliphatic rings. The summed E-state index contributed by atoms with van der Waals surface area (Å²) in [7, 11) is -0.539. The second kappa shape index (κ2) is 20.1. The highest BCUT2D eigenvalue weighted by Gasteiger charge is 2.54. The zero-order chi connectivity index (χ0) is 48.7. The van der Waals surface area contributed by atoms with Crippen molar-refractivity contribution in [1.29, 1.82) is 0 Å². The standard InChI is InChI=1S/C30H43NO3Si.C29H41NO3Si/c1-33-28(32)29-13-16-30(17-14-29,18-15-29)31-21-22-5-6-24-20-26(8-7-23(24)19-22)34-25-9-11-27(12-10-25)35(2,3)4;1-34(2,3)26-10-8-24(9-11-26)33-25-7-6-22-18-21(4-5-23(22)19-25)20-30-29-15-12-28(13-16-29,14-17-29)27(31)32/h5-8,19-20,25,27,31H,9-18,21H2,1-4H3;4-7,18-19,24,26,30H,8-17,20H2,1-3H3,(H,31,32). The van der Waals surface area contributed by atoms with Crippen LogP contribution in [0, 0.1) is 10.8 Å². The van der Waals surface area contributed by atoms with Crippen molar-refractivity contribution in [2.75, 3.05) is 7.11 Å². The Morgan fingerprint density at radius 2 is 0.855 bits per heavy atom. The van der Waals surface area contributed by atoms with E-state index in [0.29, 0.717) is 12.2 Å². The van der Waals surface area contributed by atoms with Crippen molar-refractivity contribution in [2.24, 2.45) is 10.8 Å². The van der Waals surface area contributed by atoms with Crippen LogP contribution in [0.5, 0.6) is 11.5 Å². The predicted octanol–water partition coefficient (Wildman–Crippen LogP) is 14.4. The van der Waals surface area contributed by atoms with Gasteiger partial charge in [-0.15, -0.1) is 0 Å². The monoisotopic (exact) mass is 973 g/mol. The van der Waals surface area contributed by atoms with E-state index in [1.165, 1.54) is 91.1 Å². The minimum atomic E-state index is -1.04. The molecule has 0 saturated heterocycles. The minimum absolute atomic E-state index is 0.00271. The van der Waals surface area contributed by atoms with Gasteiger partial charge in [-0.05, 0) is 209 Å². The van der Waals surface area contributed by atoms with E-state index in [4.69, 9.17) is 14.2 Å². The molecule has 0 aromatic heterocycles. The molecule has 0 heterocycles. The molecule has 69 heavy (non-hydrogen) atoms. The Kier molecular flexibility index (Phi) is 14.6. The van der Waals surface area contributed by atoms with Crippen LogP contribution in [0.1, 0.15) is 140 Å². The molecular formula is C59H84N2O6Si2. The summed E-state index contributed by atoms with van der Waals surface area (Å²) >= 11 is 0. The zero-order valence-electron chi connectivity index (χ0n) is 43.3. The molecule has 0 amide bonds. The van der Waals surface area contributed by atoms with Crippen LogP contribution in [-0.2, 0) is 27.4 Å². The Hall–Kier alpha value is -3.71. The summed E-state index contributed by atoms with van der Waals surface area (Å²) in [6.07, 6.45) is 22.2. The van der Waals surface area contributed by atoms with Crippen molar-refractivity contribution in [3.63, 3.8) is 0 Å². The zero-order valence-corrected chi connectivity index (χ0v) is 45.3. The molecule has 0 spiro atoms. The SMILES string of the molecule is COC(=O)C12CCC(NCc3ccc4cc(OC5CCC([Si](C)(C)C)CC5)ccc4c3)(CC1)CC2.C[Si](C)(C)C1CCC(Oc2ccc3cc(CNC45CCC(C(=O)O)(CC4)CC5)ccc3c2)CC1. The number of carboxylic acid groups (broad SMARTS) is 1. The Balaban J connectivity index is 0.000000172. The summed E-state index contributed by atoms with van der Waals surface area (Å²) < 4.78 is 17.9. The van der Waals surface area contributed by atoms with Crippen molar-refractivity contribution in [3.8, 4) is 11.5 Å². The number of hydrogen-bond acceptors (Lipinski definition) is 7. The largest absolute Gasteiger partial charge is 0.490 e. The predicted molar refractivity (Wildman–Crippen MR) is 287 cm³/mol. The summed E-state index contributed by atoms with van der Waals surface area (Å²) in [6.45, 7) is 16.7. The van der Waals surface area contributed by atoms with E-state index in [1.807, 2.05) is 0 Å². The fraction of sp³-hybridized carbons (Fsp3) is 0.627. The molecule has 10 heteroatoms. The molecule has 8 aliphatic carbocycles. The number of rotatable bonds is 14. The average molecular weight is 974 g/mol. The first-order chi connectivity index (χ1) is 32.9. The van der Waals surface area contributed by atoms with Crippen LogP contribution in [0.25, 0.3) is 21.5 Å². The molecule has 8 saturated carbocycles. The van der Waals surface area contributed by atoms with Gasteiger partial charge in [-0.1, -0.05) is 75.7 Å². The van der Waals surface area contributed by atoms with Gasteiger partial charge in [-0.25, -0.2) is 0 Å². The van der Waals surface area contributed by atoms with E-state index in [0.717, 1.165) is 113 Å². The van der Waals surface area contributed by atoms with Gasteiger partial charge in [0, 0.05) is 40.3 Å². The average Bonchev–Trinajstić information content (AvgIpc) is 3.36. The highest BCUT2D eigenvalue weighted by molar-refractivity contribution is 6.77. The van der Waals surface area contributed by atoms with Crippen molar-refractivity contribution < 1.29 is 28.9 Å². The molecule has 4 aromatic carbocycles. The van der Waals surface area contributed by atoms with Crippen molar-refractivity contribution in [2.45, 2.75) is 215 Å². The lowest BCUT2D eigenvalue weighted by Gasteiger charge is -2.52. The summed E-state index contributed by atoms with van der Waals surface area (Å²) in [5.41, 5.74) is 4.14. The number of esters is 1. The van der Waals surface area contributed by atoms with Crippen LogP contribution in [0.2, 0.25) is 50.4 Å². The van der Waals surface area contributed by atoms with Gasteiger partial charge in [-0.2, -0.15) is 0 Å². The second-order valence-electron chi connectivity index (χ2n) is 25.2. The summed E-state index contributed by atoms with van der Waals surface area (Å²) in [5, 5.41) is 22.3. The maximum Gasteiger partial charge on any atom is 0.311 e. The van der Waals surface area contributed by atoms with Gasteiger partial charge in [0.25, 0.3) is 0 Å². The number of aliphatic carboxylic acids is 1. The van der Waals surface area contributed by atoms with Gasteiger partial charge < -0.3 is 30.0 Å². The molecular weight excluding hydrogens is 889 g/mol. The maximum atomic E-state index is 12.3. The van der Waals surface area contributed by atoms with Gasteiger partial charge in [0.2, 0.25) is 0 Å². The molecule has 0 aliphatic heterocycles. The number of ether oxygens (including phenoxy) is 3. The van der Waals surface area contributed by atoms with Crippen molar-refractivity contribution in [3.05, 3.63) is 83.9 Å². The third-order valence-corrected chi connectivity index (χ3v) is 25.1. The molecule has 4 aromatic rings. The highest BCUT2D eigenvalue weighted by atomic mass is 28.3. The van der Waals surface area contributed by atoms with Crippen LogP contribution < -0.4 is 20.1 Å². The van der Waals surface area contributed by atoms with E-state index in [-0.39, 0.29) is 22.5 Å². The Morgan fingerprint density at radius 3 is 1.20 bits per heavy atom.